The molecule has 0 bridgehead atoms. The maximum absolute atomic E-state index is 13.5. The number of nitrogens with zero attached hydrogens (tertiary/aromatic N) is 2. The van der Waals surface area contributed by atoms with Crippen molar-refractivity contribution in [3.8, 4) is 0 Å². The third kappa shape index (κ3) is 4.39. The number of ether oxygens (including phenoxy) is 1. The van der Waals surface area contributed by atoms with Crippen molar-refractivity contribution < 1.29 is 27.5 Å². The van der Waals surface area contributed by atoms with Crippen LogP contribution in [0.1, 0.15) is 56.0 Å². The van der Waals surface area contributed by atoms with Crippen molar-refractivity contribution in [2.45, 2.75) is 82.3 Å². The number of benzene rings is 1. The zero-order chi connectivity index (χ0) is 25.8. The molecular weight excluding hydrogens is 477 g/mol. The van der Waals surface area contributed by atoms with Gasteiger partial charge in [0.05, 0.1) is 25.9 Å². The van der Waals surface area contributed by atoms with Crippen LogP contribution in [-0.2, 0) is 26.4 Å². The van der Waals surface area contributed by atoms with Crippen molar-refractivity contribution in [1.82, 2.24) is 15.1 Å². The van der Waals surface area contributed by atoms with Crippen molar-refractivity contribution in [3.63, 3.8) is 0 Å². The first-order valence-electron chi connectivity index (χ1n) is 11.7. The fourth-order valence-electron chi connectivity index (χ4n) is 5.21. The van der Waals surface area contributed by atoms with Crippen LogP contribution in [0.5, 0.6) is 0 Å². The molecule has 1 saturated carbocycles. The molecule has 4 rings (SSSR count). The second-order valence-electron chi connectivity index (χ2n) is 10.9. The van der Waals surface area contributed by atoms with E-state index in [1.807, 2.05) is 0 Å². The van der Waals surface area contributed by atoms with E-state index in [2.05, 4.69) is 39.9 Å². The molecule has 2 aromatic rings. The highest BCUT2D eigenvalue weighted by Gasteiger charge is 2.54. The van der Waals surface area contributed by atoms with Crippen LogP contribution >= 0.6 is 0 Å². The zero-order valence-corrected chi connectivity index (χ0v) is 21.5. The summed E-state index contributed by atoms with van der Waals surface area (Å²) in [5, 5.41) is 9.80. The summed E-state index contributed by atoms with van der Waals surface area (Å²) in [4.78, 5) is 28.1. The Kier molecular flexibility index (Phi) is 6.16. The lowest BCUT2D eigenvalue weighted by Gasteiger charge is -2.48. The minimum atomic E-state index is -5.00. The lowest BCUT2D eigenvalue weighted by atomic mass is 9.83. The average molecular weight is 509 g/mol. The Hall–Kier alpha value is -2.66. The summed E-state index contributed by atoms with van der Waals surface area (Å²) in [5.74, 6) is -0.564. The predicted octanol–water partition coefficient (Wildman–Crippen LogP) is 5.47. The molecule has 2 amide bonds. The smallest absolute Gasteiger partial charge is 0.325 e. The molecule has 35 heavy (non-hydrogen) atoms. The summed E-state index contributed by atoms with van der Waals surface area (Å²) in [6.45, 7) is 9.98. The highest BCUT2D eigenvalue weighted by Crippen LogP contribution is 2.56. The van der Waals surface area contributed by atoms with Crippen LogP contribution in [0.2, 0.25) is 24.7 Å². The van der Waals surface area contributed by atoms with E-state index in [1.165, 1.54) is 17.0 Å². The Morgan fingerprint density at radius 2 is 1.80 bits per heavy atom. The molecule has 1 fully saturated rings. The molecule has 0 saturated heterocycles. The SMILES string of the molecule is CC1(C)c2[nH]nc(NC(=O)C3([Si](C)(C)C)CCC3)c2CN1C(=O)[C@H](OC(F)(F)F)c1ccccc1. The first-order valence-corrected chi connectivity index (χ1v) is 15.2. The molecule has 1 aromatic heterocycles. The lowest BCUT2D eigenvalue weighted by Crippen LogP contribution is -2.52. The van der Waals surface area contributed by atoms with Gasteiger partial charge in [-0.1, -0.05) is 56.4 Å². The molecule has 0 spiro atoms. The van der Waals surface area contributed by atoms with E-state index in [0.29, 0.717) is 17.1 Å². The number of aromatic amines is 1. The van der Waals surface area contributed by atoms with Gasteiger partial charge in [-0.3, -0.25) is 19.4 Å². The number of hydrogen-bond acceptors (Lipinski definition) is 4. The fourth-order valence-corrected chi connectivity index (χ4v) is 7.81. The predicted molar refractivity (Wildman–Crippen MR) is 127 cm³/mol. The maximum Gasteiger partial charge on any atom is 0.523 e. The summed E-state index contributed by atoms with van der Waals surface area (Å²) in [5.41, 5.74) is 0.295. The van der Waals surface area contributed by atoms with Crippen LogP contribution in [0.15, 0.2) is 30.3 Å². The van der Waals surface area contributed by atoms with Gasteiger partial charge < -0.3 is 10.2 Å². The third-order valence-electron chi connectivity index (χ3n) is 7.62. The summed E-state index contributed by atoms with van der Waals surface area (Å²) >= 11 is 0. The molecule has 2 aliphatic rings. The molecule has 1 aromatic carbocycles. The van der Waals surface area contributed by atoms with Crippen LogP contribution in [0, 0.1) is 0 Å². The average Bonchev–Trinajstić information content (AvgIpc) is 3.22. The van der Waals surface area contributed by atoms with E-state index >= 15 is 0 Å². The van der Waals surface area contributed by atoms with Gasteiger partial charge >= 0.3 is 6.36 Å². The second kappa shape index (κ2) is 8.47. The molecule has 2 N–H and O–H groups in total. The number of amides is 2. The van der Waals surface area contributed by atoms with Gasteiger partial charge in [0.15, 0.2) is 11.9 Å². The number of aromatic nitrogens is 2. The molecule has 2 heterocycles. The molecule has 7 nitrogen and oxygen atoms in total. The Labute approximate surface area is 203 Å². The lowest BCUT2D eigenvalue weighted by molar-refractivity contribution is -0.341. The number of carbonyl (C=O) groups is 2. The normalized spacial score (nSPS) is 19.6. The molecule has 190 valence electrons. The number of fused-ring (bicyclic) bond motifs is 1. The van der Waals surface area contributed by atoms with Crippen molar-refractivity contribution in [2.24, 2.45) is 0 Å². The summed E-state index contributed by atoms with van der Waals surface area (Å²) < 4.78 is 44.0. The van der Waals surface area contributed by atoms with Gasteiger partial charge in [-0.05, 0) is 32.3 Å². The Balaban J connectivity index is 1.61. The number of anilines is 1. The quantitative estimate of drug-likeness (QED) is 0.507. The molecule has 1 aliphatic carbocycles. The van der Waals surface area contributed by atoms with E-state index in [4.69, 9.17) is 0 Å². The molecule has 0 unspecified atom stereocenters. The zero-order valence-electron chi connectivity index (χ0n) is 20.5. The molecular formula is C24H31F3N4O3Si. The van der Waals surface area contributed by atoms with Crippen molar-refractivity contribution in [2.75, 3.05) is 5.32 Å². The Bertz CT molecular complexity index is 1120. The minimum absolute atomic E-state index is 0.00221. The number of carbonyl (C=O) groups excluding carboxylic acids is 2. The number of halogens is 3. The van der Waals surface area contributed by atoms with E-state index in [1.54, 1.807) is 32.0 Å². The first-order chi connectivity index (χ1) is 16.2. The molecule has 1 atom stereocenters. The van der Waals surface area contributed by atoms with E-state index in [9.17, 15) is 22.8 Å². The van der Waals surface area contributed by atoms with Crippen LogP contribution in [0.25, 0.3) is 0 Å². The number of hydrogen-bond donors (Lipinski definition) is 2. The minimum Gasteiger partial charge on any atom is -0.325 e. The summed E-state index contributed by atoms with van der Waals surface area (Å²) in [6, 6.07) is 7.62. The highest BCUT2D eigenvalue weighted by molar-refractivity contribution is 6.83. The van der Waals surface area contributed by atoms with Crippen LogP contribution in [0.4, 0.5) is 19.0 Å². The topological polar surface area (TPSA) is 87.3 Å². The first kappa shape index (κ1) is 25.4. The Morgan fingerprint density at radius 1 is 1.17 bits per heavy atom. The van der Waals surface area contributed by atoms with Gasteiger partial charge in [-0.15, -0.1) is 13.2 Å². The van der Waals surface area contributed by atoms with Crippen LogP contribution in [-0.4, -0.2) is 41.3 Å². The number of alkyl halides is 3. The molecule has 1 aliphatic heterocycles. The van der Waals surface area contributed by atoms with Gasteiger partial charge in [0.2, 0.25) is 5.91 Å². The number of H-pyrrole nitrogens is 1. The van der Waals surface area contributed by atoms with E-state index in [-0.39, 0.29) is 23.1 Å². The maximum atomic E-state index is 13.5. The van der Waals surface area contributed by atoms with Crippen molar-refractivity contribution in [1.29, 1.82) is 0 Å². The number of nitrogens with one attached hydrogen (secondary N) is 2. The van der Waals surface area contributed by atoms with Crippen molar-refractivity contribution >= 4 is 25.7 Å². The van der Waals surface area contributed by atoms with Crippen molar-refractivity contribution in [3.05, 3.63) is 47.2 Å². The van der Waals surface area contributed by atoms with Gasteiger partial charge in [-0.2, -0.15) is 5.10 Å². The van der Waals surface area contributed by atoms with Gasteiger partial charge in [0.1, 0.15) is 0 Å². The third-order valence-corrected chi connectivity index (χ3v) is 11.2. The van der Waals surface area contributed by atoms with E-state index < -0.39 is 32.0 Å². The molecule has 11 heteroatoms. The van der Waals surface area contributed by atoms with Crippen LogP contribution in [0.3, 0.4) is 0 Å². The standard InChI is InChI=1S/C24H31F3N4O3Si/c1-22(2)18-16(19(30-29-18)28-21(33)23(12-9-13-23)35(3,4)5)14-31(22)20(32)17(34-24(25,26)27)15-10-7-6-8-11-15/h6-8,10-11,17H,9,12-14H2,1-5H3,(H2,28,29,30,33)/t17-/m1/s1. The Morgan fingerprint density at radius 3 is 2.31 bits per heavy atom. The summed E-state index contributed by atoms with van der Waals surface area (Å²) in [6.07, 6.45) is -4.17. The highest BCUT2D eigenvalue weighted by atomic mass is 28.3. The number of rotatable bonds is 6. The van der Waals surface area contributed by atoms with Crippen LogP contribution < -0.4 is 5.32 Å². The van der Waals surface area contributed by atoms with Gasteiger partial charge in [0, 0.05) is 10.6 Å². The summed E-state index contributed by atoms with van der Waals surface area (Å²) in [7, 11) is -1.82. The molecule has 0 radical (unpaired) electrons. The van der Waals surface area contributed by atoms with Gasteiger partial charge in [-0.25, -0.2) is 0 Å². The second-order valence-corrected chi connectivity index (χ2v) is 16.4. The fraction of sp³-hybridized carbons (Fsp3) is 0.542. The van der Waals surface area contributed by atoms with E-state index in [0.717, 1.165) is 19.3 Å². The van der Waals surface area contributed by atoms with Gasteiger partial charge in [0.25, 0.3) is 5.91 Å². The largest absolute Gasteiger partial charge is 0.523 e. The monoisotopic (exact) mass is 508 g/mol.